The number of nitrogens with zero attached hydrogens (tertiary/aromatic N) is 1. The molecule has 1 saturated carbocycles. The van der Waals surface area contributed by atoms with Gasteiger partial charge >= 0.3 is 5.97 Å². The van der Waals surface area contributed by atoms with Crippen molar-refractivity contribution in [1.29, 1.82) is 0 Å². The normalized spacial score (nSPS) is 35.4. The first-order valence-corrected chi connectivity index (χ1v) is 21.3. The third-order valence-corrected chi connectivity index (χ3v) is 14.7. The van der Waals surface area contributed by atoms with Gasteiger partial charge in [-0.3, -0.25) is 9.79 Å². The number of hydrogen-bond donors (Lipinski definition) is 3. The fourth-order valence-corrected chi connectivity index (χ4v) is 11.4. The van der Waals surface area contributed by atoms with E-state index in [4.69, 9.17) is 4.99 Å². The third-order valence-electron chi connectivity index (χ3n) is 11.7. The summed E-state index contributed by atoms with van der Waals surface area (Å²) in [6.45, 7) is 15.4. The van der Waals surface area contributed by atoms with Crippen LogP contribution in [0, 0.1) is 40.9 Å². The Balaban J connectivity index is 1.38. The zero-order valence-electron chi connectivity index (χ0n) is 29.6. The number of fused-ring (bicyclic) bond motifs is 1. The number of alkyl halides is 1. The van der Waals surface area contributed by atoms with Crippen molar-refractivity contribution in [2.45, 2.75) is 117 Å². The van der Waals surface area contributed by atoms with Gasteiger partial charge < -0.3 is 15.7 Å². The number of rotatable bonds is 12. The lowest BCUT2D eigenvalue weighted by Crippen LogP contribution is -2.56. The fraction of sp³-hybridized carbons (Fsp3) is 0.634. The van der Waals surface area contributed by atoms with Crippen LogP contribution in [0.1, 0.15) is 98.8 Å². The summed E-state index contributed by atoms with van der Waals surface area (Å²) in [5, 5.41) is 17.7. The van der Waals surface area contributed by atoms with E-state index in [1.807, 2.05) is 0 Å². The van der Waals surface area contributed by atoms with Crippen molar-refractivity contribution >= 4 is 36.4 Å². The van der Waals surface area contributed by atoms with Crippen LogP contribution in [0.2, 0.25) is 0 Å². The first-order chi connectivity index (χ1) is 22.7. The van der Waals surface area contributed by atoms with E-state index in [9.17, 15) is 9.90 Å². The standard InChI is InChI=1S/C41H60IN3O2/c1-7-10-12-17-31-25-41(6)21-20-32(28(5)39(41)45-38(31)30-15-13-11-14-16-30)33-24-36-35(23-27(33)4)43-34(19-18-29(9-3)40(46)47)37(44-36)26-42-22-8-2/h7,9-10,12,17,20-22,25,27-30,32-34,37,39,43-44H,3,8,11,13-16,18-19,23-24,26H2,1-2,4-6H3,(H,46,47)/b10-7-,17-12+/t27-,28?,29?,32?,33?,34?,37?,39-,41+/m1/s1. The summed E-state index contributed by atoms with van der Waals surface area (Å²) in [6.07, 6.45) is 29.2. The van der Waals surface area contributed by atoms with Gasteiger partial charge in [0.2, 0.25) is 0 Å². The number of aliphatic carboxylic acids is 1. The van der Waals surface area contributed by atoms with Gasteiger partial charge in [-0.25, -0.2) is 0 Å². The number of hydrogen-bond acceptors (Lipinski definition) is 4. The largest absolute Gasteiger partial charge is 0.481 e. The molecule has 5 aliphatic rings. The third kappa shape index (κ3) is 8.33. The molecule has 5 rings (SSSR count). The average Bonchev–Trinajstić information content (AvgIpc) is 3.05. The van der Waals surface area contributed by atoms with Gasteiger partial charge in [0.25, 0.3) is 0 Å². The maximum atomic E-state index is 11.7. The van der Waals surface area contributed by atoms with Crippen molar-refractivity contribution in [1.82, 2.24) is 10.6 Å². The first-order valence-electron chi connectivity index (χ1n) is 18.5. The minimum absolute atomic E-state index is 0.000913. The topological polar surface area (TPSA) is 73.7 Å². The van der Waals surface area contributed by atoms with Crippen LogP contribution in [-0.4, -0.2) is 43.4 Å². The van der Waals surface area contributed by atoms with E-state index >= 15 is 0 Å². The van der Waals surface area contributed by atoms with Crippen LogP contribution in [0.4, 0.5) is 0 Å². The highest BCUT2D eigenvalue weighted by Gasteiger charge is 2.47. The molecule has 0 aromatic rings. The molecule has 258 valence electrons. The molecular weight excluding hydrogens is 693 g/mol. The van der Waals surface area contributed by atoms with Gasteiger partial charge in [-0.05, 0) is 81.1 Å². The predicted octanol–water partition coefficient (Wildman–Crippen LogP) is 9.31. The van der Waals surface area contributed by atoms with Gasteiger partial charge in [-0.15, -0.1) is 27.3 Å². The lowest BCUT2D eigenvalue weighted by molar-refractivity contribution is -0.140. The van der Waals surface area contributed by atoms with Crippen LogP contribution in [0.3, 0.4) is 0 Å². The van der Waals surface area contributed by atoms with Crippen LogP contribution < -0.4 is 10.6 Å². The fourth-order valence-electron chi connectivity index (χ4n) is 9.05. The van der Waals surface area contributed by atoms with Crippen molar-refractivity contribution in [3.8, 4) is 0 Å². The van der Waals surface area contributed by atoms with E-state index in [1.165, 1.54) is 59.2 Å². The summed E-state index contributed by atoms with van der Waals surface area (Å²) < 4.78 is 3.65. The van der Waals surface area contributed by atoms with E-state index < -0.39 is 11.9 Å². The van der Waals surface area contributed by atoms with Crippen molar-refractivity contribution in [3.63, 3.8) is 0 Å². The Kier molecular flexibility index (Phi) is 12.6. The second-order valence-electron chi connectivity index (χ2n) is 15.1. The molecule has 0 saturated heterocycles. The zero-order chi connectivity index (χ0) is 33.6. The van der Waals surface area contributed by atoms with Gasteiger partial charge in [0.1, 0.15) is 0 Å². The van der Waals surface area contributed by atoms with E-state index in [2.05, 4.69) is 98.4 Å². The van der Waals surface area contributed by atoms with E-state index in [0.29, 0.717) is 42.1 Å². The van der Waals surface area contributed by atoms with Crippen molar-refractivity contribution in [3.05, 3.63) is 72.2 Å². The zero-order valence-corrected chi connectivity index (χ0v) is 31.7. The maximum Gasteiger partial charge on any atom is 0.310 e. The quantitative estimate of drug-likeness (QED) is 0.0805. The summed E-state index contributed by atoms with van der Waals surface area (Å²) in [4.78, 5) is 17.5. The summed E-state index contributed by atoms with van der Waals surface area (Å²) in [5.74, 6) is 1.41. The molecule has 2 aliphatic heterocycles. The molecule has 3 aliphatic carbocycles. The lowest BCUT2D eigenvalue weighted by Gasteiger charge is -2.50. The van der Waals surface area contributed by atoms with Crippen molar-refractivity contribution in [2.24, 2.45) is 45.9 Å². The van der Waals surface area contributed by atoms with Gasteiger partial charge in [0.15, 0.2) is 0 Å². The van der Waals surface area contributed by atoms with Gasteiger partial charge in [-0.2, -0.15) is 0 Å². The SMILES string of the molecule is C=CC(CCC1NC2=C(CC(C3C=C[C@@]4(C)C=C(/C=C/C=C\C)C(C5CCCCC5)=N[C@@H]4C3C)[C@H](C)C2)NC1CI=CCC)C(=O)O. The Hall–Kier alpha value is -2.22. The Morgan fingerprint density at radius 1 is 1.15 bits per heavy atom. The summed E-state index contributed by atoms with van der Waals surface area (Å²) in [6, 6.07) is 0.878. The number of carboxylic acids is 1. The minimum atomic E-state index is -0.767. The number of dihydropyridines is 1. The van der Waals surface area contributed by atoms with Gasteiger partial charge in [0.05, 0.1) is 18.0 Å². The first kappa shape index (κ1) is 36.1. The van der Waals surface area contributed by atoms with Crippen LogP contribution in [0.25, 0.3) is 0 Å². The molecule has 1 fully saturated rings. The van der Waals surface area contributed by atoms with Gasteiger partial charge in [0, 0.05) is 38.9 Å². The average molecular weight is 754 g/mol. The summed E-state index contributed by atoms with van der Waals surface area (Å²) in [5.41, 5.74) is 5.43. The van der Waals surface area contributed by atoms with Crippen molar-refractivity contribution in [2.75, 3.05) is 4.43 Å². The molecule has 0 spiro atoms. The molecule has 0 bridgehead atoms. The maximum absolute atomic E-state index is 11.7. The molecule has 9 atom stereocenters. The highest BCUT2D eigenvalue weighted by atomic mass is 127. The molecule has 2 heterocycles. The Labute approximate surface area is 295 Å². The lowest BCUT2D eigenvalue weighted by atomic mass is 9.59. The number of carbonyl (C=O) groups is 1. The molecule has 47 heavy (non-hydrogen) atoms. The summed E-state index contributed by atoms with van der Waals surface area (Å²) >= 11 is 0.000913. The Morgan fingerprint density at radius 2 is 1.89 bits per heavy atom. The number of nitrogens with one attached hydrogen (secondary N) is 2. The number of halogens is 1. The smallest absolute Gasteiger partial charge is 0.310 e. The molecule has 0 amide bonds. The molecule has 3 N–H and O–H groups in total. The van der Waals surface area contributed by atoms with E-state index in [-0.39, 0.29) is 38.2 Å². The summed E-state index contributed by atoms with van der Waals surface area (Å²) in [7, 11) is 0. The van der Waals surface area contributed by atoms with Crippen LogP contribution in [0.15, 0.2) is 77.1 Å². The Morgan fingerprint density at radius 3 is 2.60 bits per heavy atom. The molecule has 5 nitrogen and oxygen atoms in total. The van der Waals surface area contributed by atoms with Crippen LogP contribution >= 0.6 is 20.7 Å². The van der Waals surface area contributed by atoms with Crippen molar-refractivity contribution < 1.29 is 9.90 Å². The number of aliphatic imine (C=N–C) groups is 1. The predicted molar refractivity (Wildman–Crippen MR) is 208 cm³/mol. The highest BCUT2D eigenvalue weighted by Crippen LogP contribution is 2.51. The van der Waals surface area contributed by atoms with Crippen LogP contribution in [0.5, 0.6) is 0 Å². The highest BCUT2D eigenvalue weighted by molar-refractivity contribution is 14.2. The minimum Gasteiger partial charge on any atom is -0.481 e. The van der Waals surface area contributed by atoms with Gasteiger partial charge in [-0.1, -0.05) is 99.6 Å². The Bertz CT molecular complexity index is 1350. The van der Waals surface area contributed by atoms with E-state index in [1.54, 1.807) is 6.08 Å². The molecule has 0 radical (unpaired) electrons. The van der Waals surface area contributed by atoms with Crippen LogP contribution in [-0.2, 0) is 4.79 Å². The molecule has 0 aromatic heterocycles. The molecule has 0 aromatic carbocycles. The van der Waals surface area contributed by atoms with E-state index in [0.717, 1.165) is 25.7 Å². The second-order valence-corrected chi connectivity index (χ2v) is 17.7. The second kappa shape index (κ2) is 16.5. The monoisotopic (exact) mass is 753 g/mol. The molecule has 6 heteroatoms. The number of carboxylic acid groups (broad SMARTS) is 1. The molecule has 6 unspecified atom stereocenters. The number of allylic oxidation sites excluding steroid dienone is 8. The molecular formula is C41H60IN3O2.